The van der Waals surface area contributed by atoms with Gasteiger partial charge in [-0.05, 0) is 89.9 Å². The molecule has 2 unspecified atom stereocenters. The molecule has 0 aliphatic rings. The van der Waals surface area contributed by atoms with Crippen molar-refractivity contribution in [3.8, 4) is 0 Å². The highest BCUT2D eigenvalue weighted by molar-refractivity contribution is 5.76. The molecule has 0 saturated carbocycles. The van der Waals surface area contributed by atoms with Gasteiger partial charge in [0.15, 0.2) is 0 Å². The Morgan fingerprint density at radius 1 is 0.308 bits per heavy atom. The van der Waals surface area contributed by atoms with Gasteiger partial charge in [0.2, 0.25) is 5.91 Å². The fourth-order valence-electron chi connectivity index (χ4n) is 13.0. The Bertz CT molecular complexity index is 1520. The number of esters is 1. The van der Waals surface area contributed by atoms with E-state index in [2.05, 4.69) is 55.6 Å². The van der Waals surface area contributed by atoms with Crippen LogP contribution >= 0.6 is 0 Å². The van der Waals surface area contributed by atoms with E-state index in [1.54, 1.807) is 6.08 Å². The highest BCUT2D eigenvalue weighted by Gasteiger charge is 2.18. The van der Waals surface area contributed by atoms with Crippen LogP contribution in [-0.4, -0.2) is 47.4 Å². The van der Waals surface area contributed by atoms with Crippen molar-refractivity contribution in [1.29, 1.82) is 0 Å². The van der Waals surface area contributed by atoms with E-state index < -0.39 is 12.1 Å². The molecule has 0 fully saturated rings. The molecular formula is C85H161NO5. The van der Waals surface area contributed by atoms with Gasteiger partial charge in [0, 0.05) is 12.8 Å². The molecule has 2 atom stereocenters. The Hall–Kier alpha value is -2.18. The summed E-state index contributed by atoms with van der Waals surface area (Å²) in [7, 11) is 0. The van der Waals surface area contributed by atoms with E-state index >= 15 is 0 Å². The minimum Gasteiger partial charge on any atom is -0.466 e. The molecule has 6 nitrogen and oxygen atoms in total. The number of nitrogens with one attached hydrogen (secondary N) is 1. The Morgan fingerprint density at radius 2 is 0.549 bits per heavy atom. The summed E-state index contributed by atoms with van der Waals surface area (Å²) >= 11 is 0. The number of ether oxygens (including phenoxy) is 1. The number of hydrogen-bond acceptors (Lipinski definition) is 5. The molecule has 0 radical (unpaired) electrons. The predicted octanol–water partition coefficient (Wildman–Crippen LogP) is 27.5. The van der Waals surface area contributed by atoms with Gasteiger partial charge < -0.3 is 20.3 Å². The number of carbonyl (C=O) groups is 2. The molecule has 1 amide bonds. The van der Waals surface area contributed by atoms with Gasteiger partial charge in [-0.25, -0.2) is 0 Å². The van der Waals surface area contributed by atoms with E-state index in [9.17, 15) is 19.8 Å². The summed E-state index contributed by atoms with van der Waals surface area (Å²) in [5.74, 6) is -0.0448. The van der Waals surface area contributed by atoms with Crippen LogP contribution < -0.4 is 5.32 Å². The average Bonchev–Trinajstić information content (AvgIpc) is 3.74. The number of unbranched alkanes of at least 4 members (excludes halogenated alkanes) is 61. The van der Waals surface area contributed by atoms with Gasteiger partial charge in [0.1, 0.15) is 0 Å². The van der Waals surface area contributed by atoms with E-state index in [0.29, 0.717) is 19.4 Å². The first-order valence-electron chi connectivity index (χ1n) is 41.4. The molecule has 0 aliphatic carbocycles. The standard InChI is InChI=1S/C85H161NO5/c1-3-5-7-9-11-13-15-17-19-21-23-42-45-49-53-57-61-65-69-73-77-83(88)82(81-87)86-84(89)78-74-70-66-62-58-54-50-46-43-39-37-35-33-31-29-27-25-24-26-28-30-32-34-36-38-40-44-48-52-56-60-64-68-72-76-80-91-85(90)79-75-71-67-63-59-55-51-47-41-22-20-18-16-14-12-10-8-6-4-2/h18,20,26,28,32,34,73,77,82-83,87-88H,3-17,19,21-25,27,29-31,33,35-72,74-76,78-81H2,1-2H3,(H,86,89)/b20-18-,28-26-,34-32-,77-73+. The Balaban J connectivity index is 3.38. The zero-order valence-electron chi connectivity index (χ0n) is 61.6. The zero-order chi connectivity index (χ0) is 65.6. The Labute approximate surface area is 569 Å². The fraction of sp³-hybridized carbons (Fsp3) is 0.882. The minimum atomic E-state index is -0.844. The Morgan fingerprint density at radius 3 is 0.846 bits per heavy atom. The van der Waals surface area contributed by atoms with Crippen LogP contribution in [0.15, 0.2) is 48.6 Å². The van der Waals surface area contributed by atoms with E-state index in [-0.39, 0.29) is 18.5 Å². The summed E-state index contributed by atoms with van der Waals surface area (Å²) in [6, 6.07) is -0.628. The Kier molecular flexibility index (Phi) is 78.3. The number of rotatable bonds is 78. The van der Waals surface area contributed by atoms with Crippen molar-refractivity contribution < 1.29 is 24.5 Å². The molecule has 0 bridgehead atoms. The van der Waals surface area contributed by atoms with Crippen LogP contribution in [0.1, 0.15) is 457 Å². The number of carbonyl (C=O) groups excluding carboxylic acids is 2. The number of allylic oxidation sites excluding steroid dienone is 7. The van der Waals surface area contributed by atoms with Gasteiger partial charge >= 0.3 is 5.97 Å². The lowest BCUT2D eigenvalue weighted by Crippen LogP contribution is -2.45. The molecular weight excluding hydrogens is 1110 g/mol. The monoisotopic (exact) mass is 1280 g/mol. The van der Waals surface area contributed by atoms with Gasteiger partial charge in [-0.15, -0.1) is 0 Å². The van der Waals surface area contributed by atoms with Gasteiger partial charge in [-0.1, -0.05) is 403 Å². The van der Waals surface area contributed by atoms with Crippen molar-refractivity contribution in [3.63, 3.8) is 0 Å². The van der Waals surface area contributed by atoms with Gasteiger partial charge in [0.05, 0.1) is 25.4 Å². The van der Waals surface area contributed by atoms with Crippen molar-refractivity contribution in [3.05, 3.63) is 48.6 Å². The minimum absolute atomic E-state index is 0.0168. The molecule has 0 aliphatic heterocycles. The third kappa shape index (κ3) is 76.7. The number of amides is 1. The number of aliphatic hydroxyl groups excluding tert-OH is 2. The third-order valence-electron chi connectivity index (χ3n) is 19.3. The SMILES string of the molecule is CCCCCCCC/C=C\CCCCCCCCCCCC(=O)OCCCCCCCCCCCCC/C=C\C/C=C\CCCCCCCCCCCCCCCCCCCC(=O)NC(CO)C(O)/C=C/CCCCCCCCCCCCCCCCCCCC. The molecule has 0 aromatic heterocycles. The summed E-state index contributed by atoms with van der Waals surface area (Å²) in [6.07, 6.45) is 107. The normalized spacial score (nSPS) is 12.7. The second-order valence-corrected chi connectivity index (χ2v) is 28.4. The maximum absolute atomic E-state index is 12.5. The summed E-state index contributed by atoms with van der Waals surface area (Å²) in [5.41, 5.74) is 0. The van der Waals surface area contributed by atoms with Crippen LogP contribution in [0.2, 0.25) is 0 Å². The lowest BCUT2D eigenvalue weighted by atomic mass is 10.0. The lowest BCUT2D eigenvalue weighted by Gasteiger charge is -2.20. The number of aliphatic hydroxyl groups is 2. The first-order chi connectivity index (χ1) is 45.0. The van der Waals surface area contributed by atoms with E-state index in [4.69, 9.17) is 4.74 Å². The lowest BCUT2D eigenvalue weighted by molar-refractivity contribution is -0.143. The molecule has 6 heteroatoms. The molecule has 91 heavy (non-hydrogen) atoms. The molecule has 536 valence electrons. The molecule has 0 heterocycles. The van der Waals surface area contributed by atoms with Crippen molar-refractivity contribution >= 4 is 11.9 Å². The van der Waals surface area contributed by atoms with Gasteiger partial charge in [-0.2, -0.15) is 0 Å². The van der Waals surface area contributed by atoms with Crippen molar-refractivity contribution in [2.45, 2.75) is 469 Å². The van der Waals surface area contributed by atoms with E-state index in [0.717, 1.165) is 44.9 Å². The van der Waals surface area contributed by atoms with Crippen LogP contribution in [-0.2, 0) is 14.3 Å². The van der Waals surface area contributed by atoms with Crippen molar-refractivity contribution in [1.82, 2.24) is 5.32 Å². The van der Waals surface area contributed by atoms with E-state index in [1.165, 1.54) is 385 Å². The van der Waals surface area contributed by atoms with Crippen molar-refractivity contribution in [2.24, 2.45) is 0 Å². The smallest absolute Gasteiger partial charge is 0.305 e. The van der Waals surface area contributed by atoms with Crippen LogP contribution in [0, 0.1) is 0 Å². The summed E-state index contributed by atoms with van der Waals surface area (Å²) < 4.78 is 5.52. The predicted molar refractivity (Wildman–Crippen MR) is 402 cm³/mol. The summed E-state index contributed by atoms with van der Waals surface area (Å²) in [4.78, 5) is 24.7. The quantitative estimate of drug-likeness (QED) is 0.0320. The van der Waals surface area contributed by atoms with E-state index in [1.807, 2.05) is 6.08 Å². The second kappa shape index (κ2) is 80.3. The summed E-state index contributed by atoms with van der Waals surface area (Å²) in [5, 5.41) is 23.3. The zero-order valence-corrected chi connectivity index (χ0v) is 61.6. The largest absolute Gasteiger partial charge is 0.466 e. The molecule has 3 N–H and O–H groups in total. The number of hydrogen-bond donors (Lipinski definition) is 3. The van der Waals surface area contributed by atoms with Crippen LogP contribution in [0.25, 0.3) is 0 Å². The highest BCUT2D eigenvalue weighted by Crippen LogP contribution is 2.20. The third-order valence-corrected chi connectivity index (χ3v) is 19.3. The first kappa shape index (κ1) is 88.8. The molecule has 0 aromatic rings. The van der Waals surface area contributed by atoms with Crippen LogP contribution in [0.4, 0.5) is 0 Å². The maximum Gasteiger partial charge on any atom is 0.305 e. The molecule has 0 rings (SSSR count). The molecule has 0 saturated heterocycles. The van der Waals surface area contributed by atoms with Crippen LogP contribution in [0.3, 0.4) is 0 Å². The molecule has 0 spiro atoms. The average molecular weight is 1280 g/mol. The van der Waals surface area contributed by atoms with Crippen LogP contribution in [0.5, 0.6) is 0 Å². The first-order valence-corrected chi connectivity index (χ1v) is 41.4. The fourth-order valence-corrected chi connectivity index (χ4v) is 13.0. The summed E-state index contributed by atoms with van der Waals surface area (Å²) in [6.45, 7) is 4.95. The highest BCUT2D eigenvalue weighted by atomic mass is 16.5. The molecule has 0 aromatic carbocycles. The maximum atomic E-state index is 12.5. The van der Waals surface area contributed by atoms with Gasteiger partial charge in [0.25, 0.3) is 0 Å². The van der Waals surface area contributed by atoms with Crippen molar-refractivity contribution in [2.75, 3.05) is 13.2 Å². The topological polar surface area (TPSA) is 95.9 Å². The second-order valence-electron chi connectivity index (χ2n) is 28.4. The van der Waals surface area contributed by atoms with Gasteiger partial charge in [-0.3, -0.25) is 9.59 Å².